The van der Waals surface area contributed by atoms with E-state index >= 15 is 0 Å². The molecule has 1 aliphatic rings. The minimum Gasteiger partial charge on any atom is -0.495 e. The molecule has 0 saturated heterocycles. The second kappa shape index (κ2) is 7.33. The lowest BCUT2D eigenvalue weighted by Crippen LogP contribution is -2.29. The van der Waals surface area contributed by atoms with Crippen molar-refractivity contribution in [3.05, 3.63) is 29.3 Å². The molecule has 1 fully saturated rings. The van der Waals surface area contributed by atoms with Gasteiger partial charge in [0, 0.05) is 13.1 Å². The quantitative estimate of drug-likeness (QED) is 0.835. The number of nitrogens with zero attached hydrogens (tertiary/aromatic N) is 1. The molecule has 3 heteroatoms. The summed E-state index contributed by atoms with van der Waals surface area (Å²) in [5.74, 6) is 7.69. The summed E-state index contributed by atoms with van der Waals surface area (Å²) in [6.07, 6.45) is 4.18. The van der Waals surface area contributed by atoms with E-state index in [0.29, 0.717) is 6.54 Å². The second-order valence-electron chi connectivity index (χ2n) is 5.53. The molecule has 2 N–H and O–H groups in total. The lowest BCUT2D eigenvalue weighted by molar-refractivity contribution is 0.200. The maximum atomic E-state index is 5.44. The lowest BCUT2D eigenvalue weighted by atomic mass is 9.85. The van der Waals surface area contributed by atoms with E-state index in [-0.39, 0.29) is 0 Å². The van der Waals surface area contributed by atoms with E-state index in [1.54, 1.807) is 7.11 Å². The Morgan fingerprint density at radius 3 is 2.80 bits per heavy atom. The van der Waals surface area contributed by atoms with E-state index in [1.165, 1.54) is 31.4 Å². The molecule has 3 nitrogen and oxygen atoms in total. The smallest absolute Gasteiger partial charge is 0.134 e. The molecule has 0 radical (unpaired) electrons. The summed E-state index contributed by atoms with van der Waals surface area (Å²) < 4.78 is 5.34. The van der Waals surface area contributed by atoms with Gasteiger partial charge < -0.3 is 15.4 Å². The first-order chi connectivity index (χ1) is 9.72. The van der Waals surface area contributed by atoms with Gasteiger partial charge in [-0.2, -0.15) is 0 Å². The van der Waals surface area contributed by atoms with Crippen molar-refractivity contribution in [2.24, 2.45) is 11.7 Å². The fourth-order valence-electron chi connectivity index (χ4n) is 2.59. The summed E-state index contributed by atoms with van der Waals surface area (Å²) in [6, 6.07) is 6.22. The lowest BCUT2D eigenvalue weighted by Gasteiger charge is -2.30. The van der Waals surface area contributed by atoms with Crippen LogP contribution in [0.3, 0.4) is 0 Å². The molecule has 0 bridgehead atoms. The van der Waals surface area contributed by atoms with Crippen molar-refractivity contribution in [3.63, 3.8) is 0 Å². The number of hydrogen-bond donors (Lipinski definition) is 1. The van der Waals surface area contributed by atoms with Crippen LogP contribution >= 0.6 is 0 Å². The largest absolute Gasteiger partial charge is 0.495 e. The maximum absolute atomic E-state index is 5.44. The molecule has 0 unspecified atom stereocenters. The van der Waals surface area contributed by atoms with Crippen LogP contribution in [0.5, 0.6) is 5.75 Å². The van der Waals surface area contributed by atoms with Gasteiger partial charge in [-0.3, -0.25) is 0 Å². The molecular formula is C17H24N2O. The molecule has 0 heterocycles. The van der Waals surface area contributed by atoms with Crippen molar-refractivity contribution in [2.45, 2.75) is 25.8 Å². The first kappa shape index (κ1) is 14.9. The van der Waals surface area contributed by atoms with E-state index in [0.717, 1.165) is 23.8 Å². The number of nitrogens with two attached hydrogens (primary N) is 1. The highest BCUT2D eigenvalue weighted by Gasteiger charge is 2.19. The highest BCUT2D eigenvalue weighted by atomic mass is 16.5. The van der Waals surface area contributed by atoms with Crippen LogP contribution in [0, 0.1) is 17.8 Å². The highest BCUT2D eigenvalue weighted by Crippen LogP contribution is 2.27. The summed E-state index contributed by atoms with van der Waals surface area (Å²) in [4.78, 5) is 2.39. The van der Waals surface area contributed by atoms with E-state index in [2.05, 4.69) is 35.9 Å². The summed E-state index contributed by atoms with van der Waals surface area (Å²) in [5, 5.41) is 0. The van der Waals surface area contributed by atoms with Gasteiger partial charge in [0.2, 0.25) is 0 Å². The summed E-state index contributed by atoms with van der Waals surface area (Å²) >= 11 is 0. The van der Waals surface area contributed by atoms with E-state index in [9.17, 15) is 0 Å². The zero-order valence-electron chi connectivity index (χ0n) is 12.5. The molecule has 0 aromatic heterocycles. The monoisotopic (exact) mass is 272 g/mol. The molecule has 0 spiro atoms. The molecule has 0 amide bonds. The third-order valence-corrected chi connectivity index (χ3v) is 3.84. The molecule has 1 aromatic carbocycles. The van der Waals surface area contributed by atoms with Gasteiger partial charge >= 0.3 is 0 Å². The average molecular weight is 272 g/mol. The standard InChI is InChI=1S/C17H24N2O/c1-19(12-14-5-3-6-14)13-15-8-9-17(20-2)16(11-15)7-4-10-18/h8-9,11,14H,3,5-6,10,12-13,18H2,1-2H3. The first-order valence-electron chi connectivity index (χ1n) is 7.27. The van der Waals surface area contributed by atoms with Crippen molar-refractivity contribution < 1.29 is 4.74 Å². The fourth-order valence-corrected chi connectivity index (χ4v) is 2.59. The second-order valence-corrected chi connectivity index (χ2v) is 5.53. The first-order valence-corrected chi connectivity index (χ1v) is 7.27. The Morgan fingerprint density at radius 2 is 2.20 bits per heavy atom. The van der Waals surface area contributed by atoms with Crippen LogP contribution in [0.2, 0.25) is 0 Å². The van der Waals surface area contributed by atoms with E-state index < -0.39 is 0 Å². The Kier molecular flexibility index (Phi) is 5.46. The minimum absolute atomic E-state index is 0.370. The van der Waals surface area contributed by atoms with Gasteiger partial charge in [-0.1, -0.05) is 24.3 Å². The Labute approximate surface area is 122 Å². The Balaban J connectivity index is 2.03. The van der Waals surface area contributed by atoms with Crippen LogP contribution < -0.4 is 10.5 Å². The van der Waals surface area contributed by atoms with Gasteiger partial charge in [-0.25, -0.2) is 0 Å². The maximum Gasteiger partial charge on any atom is 0.134 e. The van der Waals surface area contributed by atoms with E-state index in [4.69, 9.17) is 10.5 Å². The van der Waals surface area contributed by atoms with Crippen molar-refractivity contribution >= 4 is 0 Å². The predicted molar refractivity (Wildman–Crippen MR) is 82.6 cm³/mol. The van der Waals surface area contributed by atoms with Crippen LogP contribution in [0.25, 0.3) is 0 Å². The number of ether oxygens (including phenoxy) is 1. The Bertz CT molecular complexity index is 497. The van der Waals surface area contributed by atoms with Crippen molar-refractivity contribution in [3.8, 4) is 17.6 Å². The van der Waals surface area contributed by atoms with Crippen LogP contribution in [-0.2, 0) is 6.54 Å². The molecule has 0 aliphatic heterocycles. The molecule has 1 aliphatic carbocycles. The van der Waals surface area contributed by atoms with Crippen molar-refractivity contribution in [1.29, 1.82) is 0 Å². The summed E-state index contributed by atoms with van der Waals surface area (Å²) in [5.41, 5.74) is 7.64. The Hall–Kier alpha value is -1.50. The number of methoxy groups -OCH3 is 1. The van der Waals surface area contributed by atoms with Gasteiger partial charge in [0.1, 0.15) is 5.75 Å². The molecule has 1 saturated carbocycles. The zero-order chi connectivity index (χ0) is 14.4. The summed E-state index contributed by atoms with van der Waals surface area (Å²) in [6.45, 7) is 2.52. The van der Waals surface area contributed by atoms with Crippen molar-refractivity contribution in [1.82, 2.24) is 4.90 Å². The van der Waals surface area contributed by atoms with Crippen molar-refractivity contribution in [2.75, 3.05) is 27.2 Å². The normalized spacial score (nSPS) is 14.6. The molecule has 1 aromatic rings. The number of benzene rings is 1. The van der Waals surface area contributed by atoms with Gasteiger partial charge in [0.05, 0.1) is 19.2 Å². The highest BCUT2D eigenvalue weighted by molar-refractivity contribution is 5.48. The Morgan fingerprint density at radius 1 is 1.40 bits per heavy atom. The third-order valence-electron chi connectivity index (χ3n) is 3.84. The molecule has 2 rings (SSSR count). The summed E-state index contributed by atoms with van der Waals surface area (Å²) in [7, 11) is 3.86. The predicted octanol–water partition coefficient (Wildman–Crippen LogP) is 2.24. The third kappa shape index (κ3) is 4.00. The zero-order valence-corrected chi connectivity index (χ0v) is 12.5. The minimum atomic E-state index is 0.370. The molecule has 0 atom stereocenters. The molecule has 108 valence electrons. The topological polar surface area (TPSA) is 38.5 Å². The van der Waals surface area contributed by atoms with E-state index in [1.807, 2.05) is 6.07 Å². The molecular weight excluding hydrogens is 248 g/mol. The van der Waals surface area contributed by atoms with Crippen LogP contribution in [0.15, 0.2) is 18.2 Å². The fraction of sp³-hybridized carbons (Fsp3) is 0.529. The SMILES string of the molecule is COc1ccc(CN(C)CC2CCC2)cc1C#CCN. The number of hydrogen-bond acceptors (Lipinski definition) is 3. The van der Waals surface area contributed by atoms with Gasteiger partial charge in [0.15, 0.2) is 0 Å². The van der Waals surface area contributed by atoms with Crippen LogP contribution in [-0.4, -0.2) is 32.1 Å². The average Bonchev–Trinajstić information content (AvgIpc) is 2.41. The van der Waals surface area contributed by atoms with Crippen LogP contribution in [0.4, 0.5) is 0 Å². The van der Waals surface area contributed by atoms with Gasteiger partial charge in [-0.15, -0.1) is 0 Å². The molecule has 20 heavy (non-hydrogen) atoms. The van der Waals surface area contributed by atoms with Crippen LogP contribution in [0.1, 0.15) is 30.4 Å². The van der Waals surface area contributed by atoms with Gasteiger partial charge in [0.25, 0.3) is 0 Å². The number of rotatable bonds is 5. The van der Waals surface area contributed by atoms with Gasteiger partial charge in [-0.05, 0) is 43.5 Å².